The number of hydrogen-bond acceptors (Lipinski definition) is 2. The van der Waals surface area contributed by atoms with Gasteiger partial charge in [-0.25, -0.2) is 0 Å². The van der Waals surface area contributed by atoms with Crippen molar-refractivity contribution in [2.75, 3.05) is 13.1 Å². The molecule has 17 heavy (non-hydrogen) atoms. The summed E-state index contributed by atoms with van der Waals surface area (Å²) >= 11 is 5.17. The SMILES string of the molecule is CCCN1CCCC[C@H]1c1c[nH]c(=S)cc1C. The summed E-state index contributed by atoms with van der Waals surface area (Å²) in [6.45, 7) is 6.89. The van der Waals surface area contributed by atoms with Crippen LogP contribution in [0.25, 0.3) is 0 Å². The molecule has 0 bridgehead atoms. The van der Waals surface area contributed by atoms with Crippen molar-refractivity contribution in [2.45, 2.75) is 45.6 Å². The first-order valence-electron chi connectivity index (χ1n) is 6.65. The van der Waals surface area contributed by atoms with Gasteiger partial charge in [0.15, 0.2) is 0 Å². The van der Waals surface area contributed by atoms with E-state index in [9.17, 15) is 0 Å². The maximum Gasteiger partial charge on any atom is 0.103 e. The van der Waals surface area contributed by atoms with Crippen LogP contribution in [0, 0.1) is 11.6 Å². The lowest BCUT2D eigenvalue weighted by atomic mass is 9.93. The smallest absolute Gasteiger partial charge is 0.103 e. The molecule has 1 aromatic heterocycles. The molecule has 1 fully saturated rings. The van der Waals surface area contributed by atoms with Crippen LogP contribution in [-0.4, -0.2) is 23.0 Å². The van der Waals surface area contributed by atoms with E-state index < -0.39 is 0 Å². The zero-order chi connectivity index (χ0) is 12.3. The fourth-order valence-corrected chi connectivity index (χ4v) is 3.08. The quantitative estimate of drug-likeness (QED) is 0.818. The van der Waals surface area contributed by atoms with Gasteiger partial charge in [0.1, 0.15) is 4.64 Å². The third kappa shape index (κ3) is 2.96. The van der Waals surface area contributed by atoms with Gasteiger partial charge in [0.2, 0.25) is 0 Å². The number of rotatable bonds is 3. The van der Waals surface area contributed by atoms with Crippen molar-refractivity contribution in [1.29, 1.82) is 0 Å². The predicted octanol–water partition coefficient (Wildman–Crippen LogP) is 3.99. The Morgan fingerprint density at radius 1 is 1.47 bits per heavy atom. The second-order valence-electron chi connectivity index (χ2n) is 4.98. The van der Waals surface area contributed by atoms with E-state index in [-0.39, 0.29) is 0 Å². The molecule has 0 unspecified atom stereocenters. The number of aryl methyl sites for hydroxylation is 1. The van der Waals surface area contributed by atoms with Gasteiger partial charge in [-0.3, -0.25) is 4.90 Å². The average molecular weight is 250 g/mol. The Bertz CT molecular complexity index is 422. The number of nitrogens with zero attached hydrogens (tertiary/aromatic N) is 1. The first-order chi connectivity index (χ1) is 8.22. The molecule has 2 heterocycles. The normalized spacial score (nSPS) is 21.6. The molecule has 2 nitrogen and oxygen atoms in total. The number of hydrogen-bond donors (Lipinski definition) is 1. The lowest BCUT2D eigenvalue weighted by molar-refractivity contribution is 0.148. The van der Waals surface area contributed by atoms with Crippen molar-refractivity contribution in [3.8, 4) is 0 Å². The van der Waals surface area contributed by atoms with E-state index in [1.54, 1.807) is 0 Å². The molecule has 0 aromatic carbocycles. The minimum atomic E-state index is 0.593. The molecule has 1 aromatic rings. The third-order valence-electron chi connectivity index (χ3n) is 3.66. The molecule has 1 N–H and O–H groups in total. The van der Waals surface area contributed by atoms with Gasteiger partial charge in [-0.2, -0.15) is 0 Å². The molecule has 94 valence electrons. The summed E-state index contributed by atoms with van der Waals surface area (Å²) in [4.78, 5) is 5.82. The van der Waals surface area contributed by atoms with Gasteiger partial charge in [0, 0.05) is 12.2 Å². The van der Waals surface area contributed by atoms with E-state index >= 15 is 0 Å². The van der Waals surface area contributed by atoms with E-state index in [2.05, 4.69) is 36.0 Å². The maximum atomic E-state index is 5.17. The molecule has 0 aliphatic carbocycles. The predicted molar refractivity (Wildman–Crippen MR) is 74.8 cm³/mol. The summed E-state index contributed by atoms with van der Waals surface area (Å²) in [5.74, 6) is 0. The van der Waals surface area contributed by atoms with Crippen LogP contribution in [-0.2, 0) is 0 Å². The fourth-order valence-electron chi connectivity index (χ4n) is 2.84. The van der Waals surface area contributed by atoms with E-state index in [0.717, 1.165) is 4.64 Å². The second-order valence-corrected chi connectivity index (χ2v) is 5.42. The molecule has 1 aliphatic heterocycles. The lowest BCUT2D eigenvalue weighted by Gasteiger charge is -2.36. The summed E-state index contributed by atoms with van der Waals surface area (Å²) in [5, 5.41) is 0. The van der Waals surface area contributed by atoms with Crippen molar-refractivity contribution in [2.24, 2.45) is 0 Å². The molecule has 0 amide bonds. The molecular formula is C14H22N2S. The molecule has 0 saturated carbocycles. The Morgan fingerprint density at radius 2 is 2.29 bits per heavy atom. The van der Waals surface area contributed by atoms with Crippen molar-refractivity contribution < 1.29 is 0 Å². The first kappa shape index (κ1) is 12.8. The molecule has 3 heteroatoms. The number of aromatic amines is 1. The Hall–Kier alpha value is -0.670. The first-order valence-corrected chi connectivity index (χ1v) is 7.06. The summed E-state index contributed by atoms with van der Waals surface area (Å²) in [6.07, 6.45) is 7.33. The van der Waals surface area contributed by atoms with E-state index in [0.29, 0.717) is 6.04 Å². The van der Waals surface area contributed by atoms with Crippen molar-refractivity contribution in [3.05, 3.63) is 28.0 Å². The van der Waals surface area contributed by atoms with E-state index in [4.69, 9.17) is 12.2 Å². The van der Waals surface area contributed by atoms with Crippen LogP contribution in [0.15, 0.2) is 12.3 Å². The van der Waals surface area contributed by atoms with Gasteiger partial charge < -0.3 is 4.98 Å². The molecular weight excluding hydrogens is 228 g/mol. The highest BCUT2D eigenvalue weighted by molar-refractivity contribution is 7.71. The van der Waals surface area contributed by atoms with Crippen LogP contribution in [0.5, 0.6) is 0 Å². The molecule has 0 spiro atoms. The fraction of sp³-hybridized carbons (Fsp3) is 0.643. The monoisotopic (exact) mass is 250 g/mol. The zero-order valence-corrected chi connectivity index (χ0v) is 11.6. The highest BCUT2D eigenvalue weighted by Gasteiger charge is 2.24. The largest absolute Gasteiger partial charge is 0.353 e. The number of aromatic nitrogens is 1. The number of piperidine rings is 1. The van der Waals surface area contributed by atoms with Crippen molar-refractivity contribution in [3.63, 3.8) is 0 Å². The van der Waals surface area contributed by atoms with Crippen LogP contribution in [0.3, 0.4) is 0 Å². The highest BCUT2D eigenvalue weighted by atomic mass is 32.1. The van der Waals surface area contributed by atoms with Crippen molar-refractivity contribution in [1.82, 2.24) is 9.88 Å². The zero-order valence-electron chi connectivity index (χ0n) is 10.8. The Balaban J connectivity index is 2.26. The van der Waals surface area contributed by atoms with E-state index in [1.165, 1.54) is 49.9 Å². The molecule has 0 radical (unpaired) electrons. The number of H-pyrrole nitrogens is 1. The molecule has 1 saturated heterocycles. The number of pyridine rings is 1. The maximum absolute atomic E-state index is 5.17. The summed E-state index contributed by atoms with van der Waals surface area (Å²) in [7, 11) is 0. The molecule has 1 atom stereocenters. The Kier molecular flexibility index (Phi) is 4.35. The summed E-state index contributed by atoms with van der Waals surface area (Å²) in [5.41, 5.74) is 2.77. The van der Waals surface area contributed by atoms with Crippen LogP contribution >= 0.6 is 12.2 Å². The molecule has 1 aliphatic rings. The van der Waals surface area contributed by atoms with Gasteiger partial charge in [-0.1, -0.05) is 25.6 Å². The Labute approximate surface area is 109 Å². The van der Waals surface area contributed by atoms with Gasteiger partial charge in [0.25, 0.3) is 0 Å². The van der Waals surface area contributed by atoms with Gasteiger partial charge >= 0.3 is 0 Å². The summed E-state index contributed by atoms with van der Waals surface area (Å²) in [6, 6.07) is 2.68. The highest BCUT2D eigenvalue weighted by Crippen LogP contribution is 2.32. The van der Waals surface area contributed by atoms with Crippen LogP contribution in [0.2, 0.25) is 0 Å². The van der Waals surface area contributed by atoms with E-state index in [1.807, 2.05) is 0 Å². The minimum absolute atomic E-state index is 0.593. The summed E-state index contributed by atoms with van der Waals surface area (Å²) < 4.78 is 0.837. The molecule has 2 rings (SSSR count). The lowest BCUT2D eigenvalue weighted by Crippen LogP contribution is -2.34. The second kappa shape index (κ2) is 5.78. The minimum Gasteiger partial charge on any atom is -0.353 e. The van der Waals surface area contributed by atoms with Crippen molar-refractivity contribution >= 4 is 12.2 Å². The topological polar surface area (TPSA) is 19.0 Å². The Morgan fingerprint density at radius 3 is 3.00 bits per heavy atom. The standard InChI is InChI=1S/C14H22N2S/c1-3-7-16-8-5-4-6-13(16)12-10-15-14(17)9-11(12)2/h9-10,13H,3-8H2,1-2H3,(H,15,17)/t13-/m0/s1. The number of likely N-dealkylation sites (tertiary alicyclic amines) is 1. The number of nitrogens with one attached hydrogen (secondary N) is 1. The van der Waals surface area contributed by atoms with Crippen LogP contribution in [0.4, 0.5) is 0 Å². The van der Waals surface area contributed by atoms with Gasteiger partial charge in [0.05, 0.1) is 0 Å². The van der Waals surface area contributed by atoms with Crippen LogP contribution in [0.1, 0.15) is 49.8 Å². The third-order valence-corrected chi connectivity index (χ3v) is 3.89. The van der Waals surface area contributed by atoms with Crippen LogP contribution < -0.4 is 0 Å². The average Bonchev–Trinajstić information content (AvgIpc) is 2.31. The van der Waals surface area contributed by atoms with Gasteiger partial charge in [-0.15, -0.1) is 0 Å². The van der Waals surface area contributed by atoms with Gasteiger partial charge in [-0.05, 0) is 56.5 Å².